The van der Waals surface area contributed by atoms with Crippen LogP contribution < -0.4 is 5.32 Å². The van der Waals surface area contributed by atoms with E-state index in [1.165, 1.54) is 17.0 Å². The van der Waals surface area contributed by atoms with E-state index in [0.29, 0.717) is 11.3 Å². The number of carbonyl (C=O) groups excluding carboxylic acids is 1. The van der Waals surface area contributed by atoms with Crippen molar-refractivity contribution in [1.82, 2.24) is 20.0 Å². The minimum absolute atomic E-state index is 0.0232. The number of guanidine groups is 1. The van der Waals surface area contributed by atoms with Crippen molar-refractivity contribution in [1.29, 1.82) is 10.7 Å². The zero-order valence-corrected chi connectivity index (χ0v) is 14.1. The highest BCUT2D eigenvalue weighted by Gasteiger charge is 2.40. The lowest BCUT2D eigenvalue weighted by Crippen LogP contribution is -2.58. The molecule has 1 amide bonds. The highest BCUT2D eigenvalue weighted by molar-refractivity contribution is 5.98. The minimum atomic E-state index is -0.779. The second-order valence-electron chi connectivity index (χ2n) is 6.28. The zero-order chi connectivity index (χ0) is 18.4. The summed E-state index contributed by atoms with van der Waals surface area (Å²) in [5.74, 6) is -0.719. The molecule has 7 nitrogen and oxygen atoms in total. The third kappa shape index (κ3) is 2.74. The van der Waals surface area contributed by atoms with Crippen molar-refractivity contribution in [2.24, 2.45) is 7.05 Å². The number of hydrogen-bond acceptors (Lipinski definition) is 4. The Labute approximate surface area is 144 Å². The van der Waals surface area contributed by atoms with Crippen LogP contribution in [0.3, 0.4) is 0 Å². The van der Waals surface area contributed by atoms with E-state index in [9.17, 15) is 9.18 Å². The average Bonchev–Trinajstić information content (AvgIpc) is 2.96. The molecule has 0 spiro atoms. The number of nitrogens with one attached hydrogen (secondary N) is 2. The molecule has 1 aromatic carbocycles. The highest BCUT2D eigenvalue weighted by atomic mass is 19.1. The summed E-state index contributed by atoms with van der Waals surface area (Å²) < 4.78 is 15.1. The Kier molecular flexibility index (Phi) is 3.80. The SMILES string of the molecule is CN1C(=N)N[C@](C)(c2cc(-c3ccc(F)c(C#N)c3)nn2C)CC1=O. The van der Waals surface area contributed by atoms with Crippen LogP contribution in [0.15, 0.2) is 24.3 Å². The number of nitriles is 1. The van der Waals surface area contributed by atoms with E-state index in [1.54, 1.807) is 30.9 Å². The first-order chi connectivity index (χ1) is 11.7. The van der Waals surface area contributed by atoms with Gasteiger partial charge in [-0.15, -0.1) is 0 Å². The summed E-state index contributed by atoms with van der Waals surface area (Å²) in [5, 5.41) is 24.4. The van der Waals surface area contributed by atoms with Gasteiger partial charge in [-0.25, -0.2) is 4.39 Å². The minimum Gasteiger partial charge on any atom is -0.345 e. The summed E-state index contributed by atoms with van der Waals surface area (Å²) in [7, 11) is 3.29. The standard InChI is InChI=1S/C17H17FN6O/c1-17(8-15(25)23(2)16(20)21-17)14-7-13(22-24(14)3)10-4-5-12(18)11(6-10)9-19/h4-7H,8H2,1-3H3,(H2,20,21)/t17-/m0/s1. The second kappa shape index (κ2) is 5.70. The van der Waals surface area contributed by atoms with E-state index in [4.69, 9.17) is 10.7 Å². The normalized spacial score (nSPS) is 20.4. The summed E-state index contributed by atoms with van der Waals surface area (Å²) >= 11 is 0. The summed E-state index contributed by atoms with van der Waals surface area (Å²) in [4.78, 5) is 13.4. The first kappa shape index (κ1) is 16.6. The van der Waals surface area contributed by atoms with E-state index >= 15 is 0 Å². The summed E-state index contributed by atoms with van der Waals surface area (Å²) in [6.07, 6.45) is 0.178. The molecular weight excluding hydrogens is 323 g/mol. The number of hydrogen-bond donors (Lipinski definition) is 2. The van der Waals surface area contributed by atoms with Gasteiger partial charge < -0.3 is 5.32 Å². The molecule has 2 heterocycles. The lowest BCUT2D eigenvalue weighted by atomic mass is 9.90. The van der Waals surface area contributed by atoms with Crippen LogP contribution in [0.5, 0.6) is 0 Å². The molecule has 0 saturated carbocycles. The molecule has 1 aromatic heterocycles. The van der Waals surface area contributed by atoms with Crippen molar-refractivity contribution in [2.45, 2.75) is 18.9 Å². The number of halogens is 1. The largest absolute Gasteiger partial charge is 0.345 e. The number of rotatable bonds is 2. The fraction of sp³-hybridized carbons (Fsp3) is 0.294. The van der Waals surface area contributed by atoms with Crippen molar-refractivity contribution in [2.75, 3.05) is 7.05 Å². The second-order valence-corrected chi connectivity index (χ2v) is 6.28. The Morgan fingerprint density at radius 1 is 1.40 bits per heavy atom. The number of amides is 1. The smallest absolute Gasteiger partial charge is 0.231 e. The van der Waals surface area contributed by atoms with Crippen LogP contribution in [0.4, 0.5) is 4.39 Å². The van der Waals surface area contributed by atoms with E-state index in [-0.39, 0.29) is 23.9 Å². The number of benzene rings is 1. The molecule has 1 aliphatic heterocycles. The van der Waals surface area contributed by atoms with E-state index in [0.717, 1.165) is 5.69 Å². The first-order valence-electron chi connectivity index (χ1n) is 7.63. The molecule has 1 atom stereocenters. The Morgan fingerprint density at radius 3 is 2.76 bits per heavy atom. The van der Waals surface area contributed by atoms with Gasteiger partial charge in [0.05, 0.1) is 28.9 Å². The molecule has 25 heavy (non-hydrogen) atoms. The molecule has 1 saturated heterocycles. The number of nitrogens with zero attached hydrogens (tertiary/aromatic N) is 4. The molecule has 3 rings (SSSR count). The lowest BCUT2D eigenvalue weighted by Gasteiger charge is -2.39. The predicted octanol–water partition coefficient (Wildman–Crippen LogP) is 1.70. The van der Waals surface area contributed by atoms with Crippen molar-refractivity contribution in [3.05, 3.63) is 41.3 Å². The van der Waals surface area contributed by atoms with Gasteiger partial charge >= 0.3 is 0 Å². The fourth-order valence-electron chi connectivity index (χ4n) is 2.98. The Balaban J connectivity index is 2.02. The van der Waals surface area contributed by atoms with Gasteiger partial charge in [-0.05, 0) is 31.2 Å². The van der Waals surface area contributed by atoms with Gasteiger partial charge in [0, 0.05) is 19.7 Å². The predicted molar refractivity (Wildman–Crippen MR) is 88.9 cm³/mol. The molecule has 128 valence electrons. The maximum atomic E-state index is 13.5. The Hall–Kier alpha value is -3.21. The van der Waals surface area contributed by atoms with Crippen LogP contribution in [-0.2, 0) is 17.4 Å². The lowest BCUT2D eigenvalue weighted by molar-refractivity contribution is -0.129. The quantitative estimate of drug-likeness (QED) is 0.869. The van der Waals surface area contributed by atoms with Crippen LogP contribution in [0.2, 0.25) is 0 Å². The first-order valence-corrected chi connectivity index (χ1v) is 7.63. The summed E-state index contributed by atoms with van der Waals surface area (Å²) in [6, 6.07) is 7.83. The van der Waals surface area contributed by atoms with Crippen LogP contribution in [0, 0.1) is 22.6 Å². The Morgan fingerprint density at radius 2 is 2.12 bits per heavy atom. The number of aryl methyl sites for hydroxylation is 1. The molecule has 2 aromatic rings. The molecule has 2 N–H and O–H groups in total. The van der Waals surface area contributed by atoms with Crippen LogP contribution >= 0.6 is 0 Å². The van der Waals surface area contributed by atoms with Gasteiger partial charge in [-0.2, -0.15) is 10.4 Å². The third-order valence-electron chi connectivity index (χ3n) is 4.44. The fourth-order valence-corrected chi connectivity index (χ4v) is 2.98. The van der Waals surface area contributed by atoms with Crippen LogP contribution in [-0.4, -0.2) is 33.6 Å². The molecule has 1 aliphatic rings. The molecular formula is C17H17FN6O. The topological polar surface area (TPSA) is 97.8 Å². The van der Waals surface area contributed by atoms with Gasteiger partial charge in [0.15, 0.2) is 5.96 Å². The monoisotopic (exact) mass is 340 g/mol. The van der Waals surface area contributed by atoms with Crippen molar-refractivity contribution < 1.29 is 9.18 Å². The maximum Gasteiger partial charge on any atom is 0.231 e. The summed E-state index contributed by atoms with van der Waals surface area (Å²) in [6.45, 7) is 1.83. The van der Waals surface area contributed by atoms with Crippen LogP contribution in [0.25, 0.3) is 11.3 Å². The van der Waals surface area contributed by atoms with Gasteiger partial charge in [0.1, 0.15) is 11.9 Å². The van der Waals surface area contributed by atoms with Gasteiger partial charge in [0.25, 0.3) is 0 Å². The summed E-state index contributed by atoms with van der Waals surface area (Å²) in [5.41, 5.74) is 1.06. The van der Waals surface area contributed by atoms with Crippen molar-refractivity contribution >= 4 is 11.9 Å². The van der Waals surface area contributed by atoms with Gasteiger partial charge in [0.2, 0.25) is 5.91 Å². The van der Waals surface area contributed by atoms with Crippen molar-refractivity contribution in [3.63, 3.8) is 0 Å². The van der Waals surface area contributed by atoms with Crippen LogP contribution in [0.1, 0.15) is 24.6 Å². The molecule has 0 aliphatic carbocycles. The Bertz CT molecular complexity index is 908. The molecule has 0 radical (unpaired) electrons. The van der Waals surface area contributed by atoms with Gasteiger partial charge in [-0.1, -0.05) is 0 Å². The number of carbonyl (C=O) groups is 1. The molecule has 1 fully saturated rings. The molecule has 0 unspecified atom stereocenters. The van der Waals surface area contributed by atoms with E-state index < -0.39 is 11.4 Å². The number of aromatic nitrogens is 2. The molecule has 0 bridgehead atoms. The average molecular weight is 340 g/mol. The van der Waals surface area contributed by atoms with E-state index in [1.807, 2.05) is 13.0 Å². The van der Waals surface area contributed by atoms with Crippen molar-refractivity contribution in [3.8, 4) is 17.3 Å². The zero-order valence-electron chi connectivity index (χ0n) is 14.1. The van der Waals surface area contributed by atoms with Gasteiger partial charge in [-0.3, -0.25) is 19.8 Å². The maximum absolute atomic E-state index is 13.5. The molecule has 8 heteroatoms. The third-order valence-corrected chi connectivity index (χ3v) is 4.44. The van der Waals surface area contributed by atoms with E-state index in [2.05, 4.69) is 10.4 Å². The highest BCUT2D eigenvalue weighted by Crippen LogP contribution is 2.31.